The molecule has 0 fully saturated rings. The van der Waals surface area contributed by atoms with Gasteiger partial charge in [0.15, 0.2) is 0 Å². The first-order chi connectivity index (χ1) is 24.0. The number of allylic oxidation sites excluding steroid dienone is 3. The molecule has 0 heterocycles. The van der Waals surface area contributed by atoms with Crippen molar-refractivity contribution in [2.75, 3.05) is 40.9 Å². The molecule has 0 spiro atoms. The molecule has 0 rings (SSSR count). The number of likely N-dealkylation sites (N-methyl/N-ethyl adjacent to an activating group) is 1. The number of rotatable bonds is 37. The highest BCUT2D eigenvalue weighted by Gasteiger charge is 2.22. The summed E-state index contributed by atoms with van der Waals surface area (Å²) in [5.41, 5.74) is 0. The third kappa shape index (κ3) is 35.4. The van der Waals surface area contributed by atoms with Gasteiger partial charge in [-0.25, -0.2) is 0 Å². The summed E-state index contributed by atoms with van der Waals surface area (Å²) in [6.45, 7) is 4.26. The molecule has 3 atom stereocenters. The van der Waals surface area contributed by atoms with Crippen LogP contribution in [0.2, 0.25) is 0 Å². The SMILES string of the molecule is CCCCCCCCCCCCCCCCCCCCCCC/C=C/CC/C=C/C(O)C(COP(=O)([O-])OCC[N+](C)(C)C)NC(=O)CCC. The van der Waals surface area contributed by atoms with Crippen molar-refractivity contribution in [2.45, 2.75) is 193 Å². The highest BCUT2D eigenvalue weighted by atomic mass is 31.2. The van der Waals surface area contributed by atoms with E-state index in [1.807, 2.05) is 34.1 Å². The van der Waals surface area contributed by atoms with Crippen molar-refractivity contribution in [3.63, 3.8) is 0 Å². The summed E-state index contributed by atoms with van der Waals surface area (Å²) < 4.78 is 22.7. The Morgan fingerprint density at radius 1 is 0.680 bits per heavy atom. The molecule has 0 bridgehead atoms. The largest absolute Gasteiger partial charge is 0.756 e. The number of nitrogens with one attached hydrogen (secondary N) is 1. The number of aliphatic hydroxyl groups excluding tert-OH is 1. The molecule has 0 aromatic rings. The Kier molecular flexibility index (Phi) is 33.1. The average Bonchev–Trinajstić information content (AvgIpc) is 3.05. The predicted octanol–water partition coefficient (Wildman–Crippen LogP) is 10.3. The van der Waals surface area contributed by atoms with Crippen LogP contribution in [0.25, 0.3) is 0 Å². The maximum absolute atomic E-state index is 12.2. The molecule has 0 aromatic carbocycles. The second-order valence-electron chi connectivity index (χ2n) is 15.3. The van der Waals surface area contributed by atoms with E-state index in [9.17, 15) is 19.4 Å². The van der Waals surface area contributed by atoms with Gasteiger partial charge in [-0.3, -0.25) is 9.36 Å². The lowest BCUT2D eigenvalue weighted by molar-refractivity contribution is -0.870. The lowest BCUT2D eigenvalue weighted by Gasteiger charge is -2.29. The maximum atomic E-state index is 12.2. The van der Waals surface area contributed by atoms with Gasteiger partial charge in [-0.2, -0.15) is 0 Å². The molecule has 50 heavy (non-hydrogen) atoms. The Hall–Kier alpha value is -1.02. The summed E-state index contributed by atoms with van der Waals surface area (Å²) in [6, 6.07) is -0.894. The summed E-state index contributed by atoms with van der Waals surface area (Å²) in [7, 11) is 1.24. The normalized spacial score (nSPS) is 14.8. The van der Waals surface area contributed by atoms with Crippen LogP contribution in [0.3, 0.4) is 0 Å². The minimum atomic E-state index is -4.56. The van der Waals surface area contributed by atoms with Gasteiger partial charge in [-0.1, -0.05) is 167 Å². The number of nitrogens with zero attached hydrogens (tertiary/aromatic N) is 1. The number of phosphoric ester groups is 1. The molecule has 0 aliphatic carbocycles. The topological polar surface area (TPSA) is 108 Å². The first kappa shape index (κ1) is 49.0. The van der Waals surface area contributed by atoms with E-state index in [2.05, 4.69) is 24.4 Å². The van der Waals surface area contributed by atoms with Crippen LogP contribution < -0.4 is 10.2 Å². The smallest absolute Gasteiger partial charge is 0.268 e. The number of phosphoric acid groups is 1. The molecule has 8 nitrogen and oxygen atoms in total. The van der Waals surface area contributed by atoms with E-state index >= 15 is 0 Å². The van der Waals surface area contributed by atoms with Gasteiger partial charge in [-0.05, 0) is 32.1 Å². The maximum Gasteiger partial charge on any atom is 0.268 e. The summed E-state index contributed by atoms with van der Waals surface area (Å²) in [5.74, 6) is -0.261. The van der Waals surface area contributed by atoms with Crippen molar-refractivity contribution < 1.29 is 32.9 Å². The molecule has 9 heteroatoms. The van der Waals surface area contributed by atoms with Gasteiger partial charge in [0, 0.05) is 6.42 Å². The quantitative estimate of drug-likeness (QED) is 0.0285. The van der Waals surface area contributed by atoms with Crippen LogP contribution in [-0.2, 0) is 18.4 Å². The molecule has 0 aliphatic heterocycles. The van der Waals surface area contributed by atoms with Crippen molar-refractivity contribution >= 4 is 13.7 Å². The zero-order chi connectivity index (χ0) is 37.2. The van der Waals surface area contributed by atoms with E-state index in [1.165, 1.54) is 135 Å². The second kappa shape index (κ2) is 33.8. The zero-order valence-electron chi connectivity index (χ0n) is 33.4. The van der Waals surface area contributed by atoms with Crippen molar-refractivity contribution in [2.24, 2.45) is 0 Å². The van der Waals surface area contributed by atoms with Crippen LogP contribution >= 0.6 is 7.82 Å². The fourth-order valence-corrected chi connectivity index (χ4v) is 6.58. The molecule has 0 radical (unpaired) electrons. The molecule has 0 aromatic heterocycles. The molecule has 0 saturated heterocycles. The van der Waals surface area contributed by atoms with E-state index in [4.69, 9.17) is 9.05 Å². The van der Waals surface area contributed by atoms with Crippen molar-refractivity contribution in [3.8, 4) is 0 Å². The van der Waals surface area contributed by atoms with Crippen LogP contribution in [-0.4, -0.2) is 68.5 Å². The Morgan fingerprint density at radius 3 is 1.58 bits per heavy atom. The minimum absolute atomic E-state index is 0.00722. The van der Waals surface area contributed by atoms with Crippen LogP contribution in [0, 0.1) is 0 Å². The summed E-state index contributed by atoms with van der Waals surface area (Å²) in [5, 5.41) is 13.4. The van der Waals surface area contributed by atoms with Gasteiger partial charge < -0.3 is 28.8 Å². The third-order valence-electron chi connectivity index (χ3n) is 9.13. The van der Waals surface area contributed by atoms with E-state index in [0.717, 1.165) is 19.3 Å². The first-order valence-corrected chi connectivity index (χ1v) is 22.2. The Morgan fingerprint density at radius 2 is 1.12 bits per heavy atom. The zero-order valence-corrected chi connectivity index (χ0v) is 34.2. The fraction of sp³-hybridized carbons (Fsp3) is 0.878. The highest BCUT2D eigenvalue weighted by molar-refractivity contribution is 7.45. The lowest BCUT2D eigenvalue weighted by atomic mass is 10.0. The van der Waals surface area contributed by atoms with Crippen molar-refractivity contribution in [3.05, 3.63) is 24.3 Å². The van der Waals surface area contributed by atoms with Gasteiger partial charge in [0.25, 0.3) is 7.82 Å². The highest BCUT2D eigenvalue weighted by Crippen LogP contribution is 2.38. The number of hydrogen-bond donors (Lipinski definition) is 2. The molecule has 296 valence electrons. The minimum Gasteiger partial charge on any atom is -0.756 e. The molecular formula is C41H81N2O6P. The number of hydrogen-bond acceptors (Lipinski definition) is 6. The lowest BCUT2D eigenvalue weighted by Crippen LogP contribution is -2.45. The van der Waals surface area contributed by atoms with Crippen LogP contribution in [0.5, 0.6) is 0 Å². The van der Waals surface area contributed by atoms with E-state index in [1.54, 1.807) is 6.08 Å². The van der Waals surface area contributed by atoms with Crippen molar-refractivity contribution in [1.82, 2.24) is 5.32 Å². The standard InChI is InChI=1S/C41H81N2O6P/c1-6-8-9-10-11-12-13-14-15-16-17-18-19-20-21-22-23-24-25-26-27-28-29-30-31-32-33-35-40(44)39(42-41(45)34-7-2)38-49-50(46,47)48-37-36-43(3,4)5/h29-30,33,35,39-40,44H,6-28,31-32,34,36-38H2,1-5H3,(H-,42,45,46,47)/b30-29+,35-33+. The summed E-state index contributed by atoms with van der Waals surface area (Å²) >= 11 is 0. The van der Waals surface area contributed by atoms with Gasteiger partial charge >= 0.3 is 0 Å². The average molecular weight is 729 g/mol. The molecule has 0 aliphatic rings. The molecule has 3 unspecified atom stereocenters. The van der Waals surface area contributed by atoms with E-state index in [-0.39, 0.29) is 18.9 Å². The monoisotopic (exact) mass is 729 g/mol. The molecule has 1 amide bonds. The summed E-state index contributed by atoms with van der Waals surface area (Å²) in [6.07, 6.45) is 39.9. The van der Waals surface area contributed by atoms with Crippen LogP contribution in [0.15, 0.2) is 24.3 Å². The number of unbranched alkanes of at least 4 members (excludes halogenated alkanes) is 22. The fourth-order valence-electron chi connectivity index (χ4n) is 5.86. The van der Waals surface area contributed by atoms with Crippen molar-refractivity contribution in [1.29, 1.82) is 0 Å². The van der Waals surface area contributed by atoms with Gasteiger partial charge in [0.05, 0.1) is 39.9 Å². The molecule has 2 N–H and O–H groups in total. The second-order valence-corrected chi connectivity index (χ2v) is 16.8. The summed E-state index contributed by atoms with van der Waals surface area (Å²) in [4.78, 5) is 24.4. The Labute approximate surface area is 309 Å². The number of carbonyl (C=O) groups is 1. The number of carbonyl (C=O) groups excluding carboxylic acids is 1. The van der Waals surface area contributed by atoms with Gasteiger partial charge in [-0.15, -0.1) is 0 Å². The number of amides is 1. The number of quaternary nitrogens is 1. The third-order valence-corrected chi connectivity index (χ3v) is 10.1. The van der Waals surface area contributed by atoms with E-state index in [0.29, 0.717) is 17.4 Å². The number of aliphatic hydroxyl groups is 1. The molecular weight excluding hydrogens is 647 g/mol. The van der Waals surface area contributed by atoms with Gasteiger partial charge in [0.2, 0.25) is 5.91 Å². The predicted molar refractivity (Wildman–Crippen MR) is 210 cm³/mol. The first-order valence-electron chi connectivity index (χ1n) is 20.7. The Balaban J connectivity index is 3.87. The molecule has 0 saturated carbocycles. The van der Waals surface area contributed by atoms with Crippen LogP contribution in [0.4, 0.5) is 0 Å². The van der Waals surface area contributed by atoms with Gasteiger partial charge in [0.1, 0.15) is 13.2 Å². The van der Waals surface area contributed by atoms with Crippen LogP contribution in [0.1, 0.15) is 181 Å². The van der Waals surface area contributed by atoms with E-state index < -0.39 is 26.6 Å². The Bertz CT molecular complexity index is 876.